The monoisotopic (exact) mass is 424 g/mol. The number of amides is 1. The van der Waals surface area contributed by atoms with E-state index in [9.17, 15) is 4.79 Å². The smallest absolute Gasteiger partial charge is 0.267 e. The third-order valence-corrected chi connectivity index (χ3v) is 1.01. The Balaban J connectivity index is 0. The number of hydrogen-bond donors (Lipinski definition) is 1. The molecule has 1 aromatic rings. The van der Waals surface area contributed by atoms with Gasteiger partial charge in [-0.1, -0.05) is 0 Å². The third kappa shape index (κ3) is 4.11. The maximum Gasteiger partial charge on any atom is 0.267 e. The van der Waals surface area contributed by atoms with Crippen molar-refractivity contribution in [3.05, 3.63) is 23.4 Å². The van der Waals surface area contributed by atoms with Crippen molar-refractivity contribution in [1.29, 1.82) is 0 Å². The number of rotatable bonds is 1. The summed E-state index contributed by atoms with van der Waals surface area (Å²) in [4.78, 5) is 17.3. The zero-order valence-electron chi connectivity index (χ0n) is 6.44. The Morgan fingerprint density at radius 2 is 2.00 bits per heavy atom. The van der Waals surface area contributed by atoms with Gasteiger partial charge in [-0.15, -0.1) is 0 Å². The number of nitrogens with zero attached hydrogens (tertiary/aromatic N) is 2. The van der Waals surface area contributed by atoms with Gasteiger partial charge in [0.1, 0.15) is 5.69 Å². The van der Waals surface area contributed by atoms with E-state index in [0.717, 1.165) is 6.20 Å². The molecule has 0 atom stereocenters. The van der Waals surface area contributed by atoms with Crippen LogP contribution in [0.2, 0.25) is 0 Å². The van der Waals surface area contributed by atoms with Gasteiger partial charge in [-0.05, 0) is 11.6 Å². The van der Waals surface area contributed by atoms with Gasteiger partial charge in [-0.3, -0.25) is 9.78 Å². The van der Waals surface area contributed by atoms with Gasteiger partial charge in [0.2, 0.25) is 0 Å². The number of primary amides is 1. The number of aromatic nitrogens is 2. The van der Waals surface area contributed by atoms with Crippen LogP contribution in [-0.2, 0) is 53.8 Å². The standard InChI is InChI=1S/C5H6N5O.W.Y/c6-2-1-9-3(5(8)11)4(7)10-2;;/h1H,(H5-,6,7,8,10,11);;/q-1;;/p-1. The molecule has 1 rings (SSSR count). The fourth-order valence-corrected chi connectivity index (χ4v) is 0.569. The second kappa shape index (κ2) is 6.40. The van der Waals surface area contributed by atoms with Crippen LogP contribution in [0.4, 0.5) is 11.6 Å². The Hall–Kier alpha value is -0.0578. The molecule has 0 aliphatic carbocycles. The van der Waals surface area contributed by atoms with Gasteiger partial charge in [-0.25, -0.2) is 0 Å². The number of carbonyl (C=O) groups is 1. The van der Waals surface area contributed by atoms with Crippen molar-refractivity contribution < 1.29 is 58.6 Å². The predicted molar refractivity (Wildman–Crippen MR) is 38.5 cm³/mol. The van der Waals surface area contributed by atoms with E-state index in [1.54, 1.807) is 0 Å². The summed E-state index contributed by atoms with van der Waals surface area (Å²) in [6, 6.07) is 0. The Morgan fingerprint density at radius 3 is 2.38 bits per heavy atom. The molecule has 1 radical (unpaired) electrons. The number of carbonyl (C=O) groups excluding carboxylic acids is 1. The van der Waals surface area contributed by atoms with Crippen LogP contribution in [0.5, 0.6) is 0 Å². The van der Waals surface area contributed by atoms with Crippen LogP contribution >= 0.6 is 0 Å². The van der Waals surface area contributed by atoms with E-state index in [1.807, 2.05) is 0 Å². The van der Waals surface area contributed by atoms with Gasteiger partial charge < -0.3 is 22.2 Å². The average Bonchev–Trinajstić information content (AvgIpc) is 1.85. The molecule has 8 heteroatoms. The minimum absolute atomic E-state index is 0. The number of nitrogens with one attached hydrogen (secondary N) is 2. The topological polar surface area (TPSA) is 116 Å². The summed E-state index contributed by atoms with van der Waals surface area (Å²) in [6.07, 6.45) is 1.07. The average molecular weight is 424 g/mol. The molecule has 0 bridgehead atoms. The fourth-order valence-electron chi connectivity index (χ4n) is 0.569. The molecule has 0 spiro atoms. The normalized spacial score (nSPS) is 8.00. The van der Waals surface area contributed by atoms with Crippen molar-refractivity contribution in [2.45, 2.75) is 0 Å². The summed E-state index contributed by atoms with van der Waals surface area (Å²) in [7, 11) is 0. The molecule has 0 fully saturated rings. The number of nitrogens with two attached hydrogens (primary N) is 1. The van der Waals surface area contributed by atoms with Crippen LogP contribution in [0, 0.1) is 0 Å². The second-order valence-electron chi connectivity index (χ2n) is 1.82. The predicted octanol–water partition coefficient (Wildman–Crippen LogP) is 0.938. The molecule has 1 heterocycles. The molecule has 13 heavy (non-hydrogen) atoms. The van der Waals surface area contributed by atoms with Crippen molar-refractivity contribution in [1.82, 2.24) is 9.97 Å². The first-order valence-corrected chi connectivity index (χ1v) is 2.71. The molecule has 0 unspecified atom stereocenters. The van der Waals surface area contributed by atoms with Crippen LogP contribution in [0.3, 0.4) is 0 Å². The molecular formula is C5H5N5OWY-2. The molecule has 0 aliphatic heterocycles. The first-order chi connectivity index (χ1) is 5.11. The summed E-state index contributed by atoms with van der Waals surface area (Å²) >= 11 is 0. The maximum absolute atomic E-state index is 10.5. The van der Waals surface area contributed by atoms with Gasteiger partial charge in [0.25, 0.3) is 5.91 Å². The van der Waals surface area contributed by atoms with Crippen molar-refractivity contribution in [2.24, 2.45) is 5.73 Å². The van der Waals surface area contributed by atoms with Gasteiger partial charge in [0.15, 0.2) is 0 Å². The molecule has 0 aromatic carbocycles. The van der Waals surface area contributed by atoms with E-state index in [0.29, 0.717) is 0 Å². The van der Waals surface area contributed by atoms with E-state index in [2.05, 4.69) is 9.97 Å². The van der Waals surface area contributed by atoms with Gasteiger partial charge in [0, 0.05) is 60.0 Å². The summed E-state index contributed by atoms with van der Waals surface area (Å²) in [5, 5.41) is 0. The molecule has 67 valence electrons. The summed E-state index contributed by atoms with van der Waals surface area (Å²) in [6.45, 7) is 0. The molecule has 6 nitrogen and oxygen atoms in total. The first-order valence-electron chi connectivity index (χ1n) is 2.71. The molecule has 0 aliphatic rings. The Bertz CT molecular complexity index is 307. The van der Waals surface area contributed by atoms with E-state index in [1.165, 1.54) is 0 Å². The minimum atomic E-state index is -0.803. The Kier molecular flexibility index (Phi) is 7.59. The molecule has 0 saturated heterocycles. The molecule has 4 N–H and O–H groups in total. The zero-order chi connectivity index (χ0) is 8.43. The molecule has 0 saturated carbocycles. The summed E-state index contributed by atoms with van der Waals surface area (Å²) in [5.41, 5.74) is 18.6. The molecular weight excluding hydrogens is 419 g/mol. The van der Waals surface area contributed by atoms with E-state index in [-0.39, 0.29) is 71.1 Å². The van der Waals surface area contributed by atoms with Gasteiger partial charge in [-0.2, -0.15) is 0 Å². The van der Waals surface area contributed by atoms with E-state index in [4.69, 9.17) is 17.2 Å². The van der Waals surface area contributed by atoms with Crippen LogP contribution < -0.4 is 5.73 Å². The van der Waals surface area contributed by atoms with Crippen LogP contribution in [-0.4, -0.2) is 15.9 Å². The Morgan fingerprint density at radius 1 is 1.46 bits per heavy atom. The summed E-state index contributed by atoms with van der Waals surface area (Å²) < 4.78 is 0. The van der Waals surface area contributed by atoms with Crippen molar-refractivity contribution in [3.8, 4) is 0 Å². The van der Waals surface area contributed by atoms with Crippen LogP contribution in [0.1, 0.15) is 10.5 Å². The SMILES string of the molecule is [NH-]c1cnc(C(N)=O)c([NH-])n1.[W].[Y]. The Labute approximate surface area is 114 Å². The second-order valence-corrected chi connectivity index (χ2v) is 1.82. The molecule has 1 aromatic heterocycles. The van der Waals surface area contributed by atoms with Crippen molar-refractivity contribution >= 4 is 17.5 Å². The van der Waals surface area contributed by atoms with Crippen molar-refractivity contribution in [2.75, 3.05) is 0 Å². The zero-order valence-corrected chi connectivity index (χ0v) is 12.2. The van der Waals surface area contributed by atoms with E-state index >= 15 is 0 Å². The number of hydrogen-bond acceptors (Lipinski definition) is 3. The largest absolute Gasteiger partial charge is 0.481 e. The van der Waals surface area contributed by atoms with E-state index < -0.39 is 5.91 Å². The van der Waals surface area contributed by atoms with Gasteiger partial charge >= 0.3 is 0 Å². The minimum Gasteiger partial charge on any atom is -0.481 e. The molecule has 1 amide bonds. The first kappa shape index (κ1) is 15.4. The third-order valence-electron chi connectivity index (χ3n) is 1.01. The van der Waals surface area contributed by atoms with Crippen LogP contribution in [0.25, 0.3) is 11.5 Å². The summed E-state index contributed by atoms with van der Waals surface area (Å²) in [5.74, 6) is -1.31. The fraction of sp³-hybridized carbons (Fsp3) is 0. The maximum atomic E-state index is 10.5. The van der Waals surface area contributed by atoms with Gasteiger partial charge in [0.05, 0.1) is 0 Å². The van der Waals surface area contributed by atoms with Crippen molar-refractivity contribution in [3.63, 3.8) is 0 Å². The quantitative estimate of drug-likeness (QED) is 0.724. The van der Waals surface area contributed by atoms with Crippen LogP contribution in [0.15, 0.2) is 6.20 Å².